The number of carbonyl (C=O) groups is 2. The van der Waals surface area contributed by atoms with Gasteiger partial charge in [-0.25, -0.2) is 0 Å². The predicted molar refractivity (Wildman–Crippen MR) is 127 cm³/mol. The number of aryl methyl sites for hydroxylation is 1. The minimum absolute atomic E-state index is 0.0690. The molecule has 32 heavy (non-hydrogen) atoms. The molecule has 6 nitrogen and oxygen atoms in total. The van der Waals surface area contributed by atoms with Gasteiger partial charge in [0.25, 0.3) is 0 Å². The Hall–Kier alpha value is -3.02. The summed E-state index contributed by atoms with van der Waals surface area (Å²) in [6.45, 7) is 10.4. The first-order valence-corrected chi connectivity index (χ1v) is 11.0. The normalized spacial score (nSPS) is 12.1. The molecule has 174 valence electrons. The van der Waals surface area contributed by atoms with Gasteiger partial charge in [-0.05, 0) is 70.9 Å². The number of carbonyl (C=O) groups excluding carboxylic acids is 2. The Labute approximate surface area is 191 Å². The molecule has 0 bridgehead atoms. The van der Waals surface area contributed by atoms with Gasteiger partial charge >= 0.3 is 0 Å². The summed E-state index contributed by atoms with van der Waals surface area (Å²) in [6, 6.07) is 14.8. The lowest BCUT2D eigenvalue weighted by atomic mass is 10.1. The molecule has 6 heteroatoms. The fourth-order valence-electron chi connectivity index (χ4n) is 3.18. The summed E-state index contributed by atoms with van der Waals surface area (Å²) < 4.78 is 10.9. The van der Waals surface area contributed by atoms with Crippen molar-refractivity contribution in [3.05, 3.63) is 59.7 Å². The van der Waals surface area contributed by atoms with Gasteiger partial charge in [0, 0.05) is 18.5 Å². The van der Waals surface area contributed by atoms with Crippen LogP contribution >= 0.6 is 0 Å². The summed E-state index contributed by atoms with van der Waals surface area (Å²) in [5.74, 6) is 1.27. The number of nitrogens with zero attached hydrogens (tertiary/aromatic N) is 1. The number of rotatable bonds is 10. The van der Waals surface area contributed by atoms with E-state index in [2.05, 4.69) is 5.32 Å². The van der Waals surface area contributed by atoms with Crippen LogP contribution in [0.15, 0.2) is 48.5 Å². The van der Waals surface area contributed by atoms with Gasteiger partial charge in [0.05, 0.1) is 13.7 Å². The molecular formula is C26H36N2O4. The lowest BCUT2D eigenvalue weighted by Crippen LogP contribution is -2.52. The van der Waals surface area contributed by atoms with Crippen molar-refractivity contribution in [1.82, 2.24) is 10.2 Å². The molecule has 0 aliphatic rings. The zero-order valence-electron chi connectivity index (χ0n) is 20.1. The maximum atomic E-state index is 13.1. The van der Waals surface area contributed by atoms with Crippen LogP contribution in [0.3, 0.4) is 0 Å². The zero-order chi connectivity index (χ0) is 23.7. The van der Waals surface area contributed by atoms with E-state index in [4.69, 9.17) is 9.47 Å². The Bertz CT molecular complexity index is 870. The fourth-order valence-corrected chi connectivity index (χ4v) is 3.18. The lowest BCUT2D eigenvalue weighted by molar-refractivity contribution is -0.141. The van der Waals surface area contributed by atoms with Crippen LogP contribution in [-0.4, -0.2) is 42.0 Å². The van der Waals surface area contributed by atoms with Crippen LogP contribution in [0.2, 0.25) is 0 Å². The number of hydrogen-bond donors (Lipinski definition) is 1. The number of amides is 2. The fraction of sp³-hybridized carbons (Fsp3) is 0.462. The van der Waals surface area contributed by atoms with E-state index in [1.807, 2.05) is 76.2 Å². The monoisotopic (exact) mass is 440 g/mol. The Morgan fingerprint density at radius 2 is 1.59 bits per heavy atom. The molecule has 0 aliphatic carbocycles. The first-order chi connectivity index (χ1) is 15.1. The zero-order valence-corrected chi connectivity index (χ0v) is 20.1. The second-order valence-corrected chi connectivity index (χ2v) is 9.05. The van der Waals surface area contributed by atoms with Crippen LogP contribution < -0.4 is 14.8 Å². The van der Waals surface area contributed by atoms with E-state index in [0.29, 0.717) is 26.0 Å². The van der Waals surface area contributed by atoms with E-state index in [9.17, 15) is 9.59 Å². The Kier molecular flexibility index (Phi) is 9.12. The average Bonchev–Trinajstić information content (AvgIpc) is 2.75. The van der Waals surface area contributed by atoms with Crippen LogP contribution in [-0.2, 0) is 16.1 Å². The van der Waals surface area contributed by atoms with Gasteiger partial charge < -0.3 is 19.7 Å². The van der Waals surface area contributed by atoms with E-state index in [-0.39, 0.29) is 17.4 Å². The van der Waals surface area contributed by atoms with Crippen molar-refractivity contribution in [3.63, 3.8) is 0 Å². The van der Waals surface area contributed by atoms with Gasteiger partial charge in [-0.15, -0.1) is 0 Å². The molecule has 0 aliphatic heterocycles. The molecule has 0 heterocycles. The summed E-state index contributed by atoms with van der Waals surface area (Å²) in [4.78, 5) is 27.5. The molecule has 0 spiro atoms. The van der Waals surface area contributed by atoms with Crippen LogP contribution in [0.25, 0.3) is 0 Å². The summed E-state index contributed by atoms with van der Waals surface area (Å²) in [5.41, 5.74) is 1.78. The largest absolute Gasteiger partial charge is 0.497 e. The molecule has 0 fully saturated rings. The van der Waals surface area contributed by atoms with Crippen molar-refractivity contribution in [2.45, 2.75) is 65.6 Å². The van der Waals surface area contributed by atoms with Crippen molar-refractivity contribution in [3.8, 4) is 11.5 Å². The lowest BCUT2D eigenvalue weighted by Gasteiger charge is -2.31. The van der Waals surface area contributed by atoms with Crippen LogP contribution in [0.1, 0.15) is 51.7 Å². The molecule has 0 aromatic heterocycles. The van der Waals surface area contributed by atoms with Crippen molar-refractivity contribution in [2.24, 2.45) is 0 Å². The summed E-state index contributed by atoms with van der Waals surface area (Å²) in [7, 11) is 1.62. The predicted octanol–water partition coefficient (Wildman–Crippen LogP) is 4.49. The molecule has 1 N–H and O–H groups in total. The third-order valence-corrected chi connectivity index (χ3v) is 5.00. The standard InChI is InChI=1S/C26H36N2O4/c1-19-9-11-21(12-10-19)18-28(20(2)25(30)27-26(3,4)5)24(29)8-7-17-32-23-15-13-22(31-6)14-16-23/h9-16,20H,7-8,17-18H2,1-6H3,(H,27,30)/t20-/m0/s1. The minimum atomic E-state index is -0.578. The Morgan fingerprint density at radius 1 is 1.00 bits per heavy atom. The summed E-state index contributed by atoms with van der Waals surface area (Å²) in [6.07, 6.45) is 0.859. The Balaban J connectivity index is 1.99. The van der Waals surface area contributed by atoms with Gasteiger partial charge in [0.15, 0.2) is 0 Å². The SMILES string of the molecule is COc1ccc(OCCCC(=O)N(Cc2ccc(C)cc2)[C@@H](C)C(=O)NC(C)(C)C)cc1. The van der Waals surface area contributed by atoms with Crippen molar-refractivity contribution < 1.29 is 19.1 Å². The maximum absolute atomic E-state index is 13.1. The number of ether oxygens (including phenoxy) is 2. The van der Waals surface area contributed by atoms with E-state index in [0.717, 1.165) is 22.6 Å². The first kappa shape index (κ1) is 25.2. The highest BCUT2D eigenvalue weighted by Crippen LogP contribution is 2.18. The average molecular weight is 441 g/mol. The number of benzene rings is 2. The molecule has 0 saturated heterocycles. The van der Waals surface area contributed by atoms with Crippen molar-refractivity contribution >= 4 is 11.8 Å². The van der Waals surface area contributed by atoms with E-state index in [1.165, 1.54) is 0 Å². The van der Waals surface area contributed by atoms with Gasteiger partial charge in [-0.3, -0.25) is 9.59 Å². The van der Waals surface area contributed by atoms with Gasteiger partial charge in [0.2, 0.25) is 11.8 Å². The number of methoxy groups -OCH3 is 1. The molecule has 1 atom stereocenters. The molecule has 2 amide bonds. The highest BCUT2D eigenvalue weighted by Gasteiger charge is 2.28. The first-order valence-electron chi connectivity index (χ1n) is 11.0. The molecule has 0 radical (unpaired) electrons. The van der Waals surface area contributed by atoms with Gasteiger partial charge in [-0.2, -0.15) is 0 Å². The van der Waals surface area contributed by atoms with E-state index < -0.39 is 6.04 Å². The smallest absolute Gasteiger partial charge is 0.242 e. The second-order valence-electron chi connectivity index (χ2n) is 9.05. The van der Waals surface area contributed by atoms with Crippen LogP contribution in [0, 0.1) is 6.92 Å². The summed E-state index contributed by atoms with van der Waals surface area (Å²) >= 11 is 0. The molecule has 0 saturated carbocycles. The van der Waals surface area contributed by atoms with E-state index >= 15 is 0 Å². The highest BCUT2D eigenvalue weighted by atomic mass is 16.5. The van der Waals surface area contributed by atoms with Crippen molar-refractivity contribution in [2.75, 3.05) is 13.7 Å². The van der Waals surface area contributed by atoms with Crippen LogP contribution in [0.5, 0.6) is 11.5 Å². The van der Waals surface area contributed by atoms with Crippen molar-refractivity contribution in [1.29, 1.82) is 0 Å². The quantitative estimate of drug-likeness (QED) is 0.553. The third-order valence-electron chi connectivity index (χ3n) is 5.00. The molecule has 2 aromatic carbocycles. The Morgan fingerprint density at radius 3 is 2.16 bits per heavy atom. The molecule has 2 aromatic rings. The third kappa shape index (κ3) is 8.25. The topological polar surface area (TPSA) is 67.9 Å². The molecule has 0 unspecified atom stereocenters. The number of hydrogen-bond acceptors (Lipinski definition) is 4. The second kappa shape index (κ2) is 11.6. The maximum Gasteiger partial charge on any atom is 0.242 e. The van der Waals surface area contributed by atoms with Crippen LogP contribution in [0.4, 0.5) is 0 Å². The number of nitrogens with one attached hydrogen (secondary N) is 1. The molecular weight excluding hydrogens is 404 g/mol. The van der Waals surface area contributed by atoms with Gasteiger partial charge in [0.1, 0.15) is 17.5 Å². The minimum Gasteiger partial charge on any atom is -0.497 e. The van der Waals surface area contributed by atoms with Gasteiger partial charge in [-0.1, -0.05) is 29.8 Å². The van der Waals surface area contributed by atoms with E-state index in [1.54, 1.807) is 18.9 Å². The summed E-state index contributed by atoms with van der Waals surface area (Å²) in [5, 5.41) is 2.98. The molecule has 2 rings (SSSR count). The highest BCUT2D eigenvalue weighted by molar-refractivity contribution is 5.87.